The number of nitrogens with zero attached hydrogens (tertiary/aromatic N) is 2. The van der Waals surface area contributed by atoms with Gasteiger partial charge in [0.15, 0.2) is 0 Å². The predicted molar refractivity (Wildman–Crippen MR) is 147 cm³/mol. The third-order valence-corrected chi connectivity index (χ3v) is 4.99. The molecule has 40 heavy (non-hydrogen) atoms. The summed E-state index contributed by atoms with van der Waals surface area (Å²) in [4.78, 5) is 64.3. The number of amides is 1. The van der Waals surface area contributed by atoms with Gasteiger partial charge >= 0.3 is 15.6 Å². The van der Waals surface area contributed by atoms with E-state index in [0.29, 0.717) is 17.9 Å². The lowest BCUT2D eigenvalue weighted by Crippen LogP contribution is -2.18. The minimum absolute atomic E-state index is 0. The average molecular weight is 605 g/mol. The third kappa shape index (κ3) is 13.7. The number of carbonyl (C=O) groups excluding carboxylic acids is 1. The van der Waals surface area contributed by atoms with Gasteiger partial charge in [-0.15, -0.1) is 0 Å². The summed E-state index contributed by atoms with van der Waals surface area (Å²) in [5.41, 5.74) is 4.78. The van der Waals surface area contributed by atoms with Gasteiger partial charge in [0.2, 0.25) is 0 Å². The summed E-state index contributed by atoms with van der Waals surface area (Å²) in [6.45, 7) is 5.88. The second kappa shape index (κ2) is 15.5. The van der Waals surface area contributed by atoms with Crippen LogP contribution in [0.3, 0.4) is 0 Å². The van der Waals surface area contributed by atoms with Gasteiger partial charge in [0, 0.05) is 48.5 Å². The van der Waals surface area contributed by atoms with Crippen LogP contribution in [0, 0.1) is 0 Å². The summed E-state index contributed by atoms with van der Waals surface area (Å²) in [5.74, 6) is 0.361. The highest BCUT2D eigenvalue weighted by atomic mass is 31.2. The topological polar surface area (TPSA) is 297 Å². The zero-order valence-electron chi connectivity index (χ0n) is 21.4. The molecule has 0 fully saturated rings. The maximum atomic E-state index is 12.9. The monoisotopic (exact) mass is 605 g/mol. The van der Waals surface area contributed by atoms with Crippen molar-refractivity contribution in [3.05, 3.63) is 77.7 Å². The first-order valence-electron chi connectivity index (χ1n) is 10.9. The molecule has 1 amide bonds. The van der Waals surface area contributed by atoms with Crippen LogP contribution in [0.1, 0.15) is 35.3 Å². The molecule has 3 heterocycles. The molecule has 1 aliphatic heterocycles. The van der Waals surface area contributed by atoms with Gasteiger partial charge in [0.1, 0.15) is 5.82 Å². The number of phosphoric acid groups is 2. The average Bonchev–Trinajstić information content (AvgIpc) is 3.10. The van der Waals surface area contributed by atoms with Crippen LogP contribution in [-0.2, 0) is 21.1 Å². The Hall–Kier alpha value is -3.27. The summed E-state index contributed by atoms with van der Waals surface area (Å²) in [7, 11) is -9.28. The number of hydrogen-bond donors (Lipinski definition) is 9. The van der Waals surface area contributed by atoms with Crippen molar-refractivity contribution in [2.75, 3.05) is 22.5 Å². The van der Waals surface area contributed by atoms with Crippen LogP contribution in [-0.4, -0.2) is 62.7 Å². The number of rotatable bonds is 5. The minimum atomic E-state index is -4.64. The van der Waals surface area contributed by atoms with E-state index in [1.807, 2.05) is 24.3 Å². The first kappa shape index (κ1) is 36.7. The number of benzene rings is 1. The van der Waals surface area contributed by atoms with E-state index in [1.54, 1.807) is 30.7 Å². The Morgan fingerprint density at radius 1 is 0.950 bits per heavy atom. The Morgan fingerprint density at radius 2 is 1.52 bits per heavy atom. The van der Waals surface area contributed by atoms with E-state index in [4.69, 9.17) is 38.5 Å². The number of hydrogen-bond acceptors (Lipinski definition) is 7. The number of nitrogens with one attached hydrogen (secondary N) is 3. The molecule has 2 aromatic heterocycles. The molecule has 4 rings (SSSR count). The van der Waals surface area contributed by atoms with Crippen molar-refractivity contribution in [1.29, 1.82) is 0 Å². The van der Waals surface area contributed by atoms with Crippen molar-refractivity contribution in [3.8, 4) is 0 Å². The van der Waals surface area contributed by atoms with Crippen molar-refractivity contribution < 1.29 is 54.2 Å². The van der Waals surface area contributed by atoms with Crippen molar-refractivity contribution in [1.82, 2.24) is 9.97 Å². The van der Waals surface area contributed by atoms with Gasteiger partial charge in [0.25, 0.3) is 5.91 Å². The summed E-state index contributed by atoms with van der Waals surface area (Å²) in [5, 5.41) is 9.63. The molecular weight excluding hydrogens is 572 g/mol. The van der Waals surface area contributed by atoms with Gasteiger partial charge in [-0.05, 0) is 47.5 Å². The zero-order valence-corrected chi connectivity index (χ0v) is 23.2. The molecule has 0 radical (unpaired) electrons. The lowest BCUT2D eigenvalue weighted by molar-refractivity contribution is 0.102. The van der Waals surface area contributed by atoms with E-state index >= 15 is 0 Å². The van der Waals surface area contributed by atoms with E-state index in [-0.39, 0.29) is 22.3 Å². The van der Waals surface area contributed by atoms with Crippen molar-refractivity contribution in [2.45, 2.75) is 25.8 Å². The van der Waals surface area contributed by atoms with E-state index < -0.39 is 15.6 Å². The highest BCUT2D eigenvalue weighted by molar-refractivity contribution is 7.45. The van der Waals surface area contributed by atoms with Crippen LogP contribution in [0.25, 0.3) is 0 Å². The molecule has 0 aliphatic carbocycles. The normalized spacial score (nSPS) is 12.8. The number of anilines is 3. The molecule has 0 spiro atoms. The molecule has 222 valence electrons. The molecule has 13 N–H and O–H groups in total. The first-order valence-corrected chi connectivity index (χ1v) is 14.0. The largest absolute Gasteiger partial charge is 0.466 e. The first-order chi connectivity index (χ1) is 17.5. The van der Waals surface area contributed by atoms with Gasteiger partial charge in [-0.25, -0.2) is 14.1 Å². The molecule has 0 unspecified atom stereocenters. The Labute approximate surface area is 229 Å². The summed E-state index contributed by atoms with van der Waals surface area (Å²) in [6, 6.07) is 13.4. The maximum absolute atomic E-state index is 12.9. The van der Waals surface area contributed by atoms with Gasteiger partial charge in [-0.2, -0.15) is 0 Å². The summed E-state index contributed by atoms with van der Waals surface area (Å²) >= 11 is 0. The standard InChI is InChI=1S/C22H23N5O.2H3O4P.2H2O/c1-22(2)14-26-19-12-16(5-6-18(19)22)27-21(28)17-4-3-9-24-20(17)25-13-15-7-10-23-11-8-15;2*1-5(2,3)4;;/h3-12,26H,13-14H2,1-2H3,(H,24,25)(H,27,28);2*(H3,1,2,3,4);2*1H2. The van der Waals surface area contributed by atoms with Crippen molar-refractivity contribution in [3.63, 3.8) is 0 Å². The quantitative estimate of drug-likeness (QED) is 0.180. The molecule has 0 saturated carbocycles. The molecule has 0 bridgehead atoms. The van der Waals surface area contributed by atoms with Crippen LogP contribution in [0.15, 0.2) is 61.1 Å². The van der Waals surface area contributed by atoms with Crippen LogP contribution in [0.5, 0.6) is 0 Å². The molecule has 0 saturated heterocycles. The lowest BCUT2D eigenvalue weighted by atomic mass is 9.87. The Bertz CT molecular complexity index is 1300. The molecule has 3 aromatic rings. The number of aromatic nitrogens is 2. The fraction of sp³-hybridized carbons (Fsp3) is 0.227. The lowest BCUT2D eigenvalue weighted by Gasteiger charge is -2.17. The fourth-order valence-corrected chi connectivity index (χ4v) is 3.38. The summed E-state index contributed by atoms with van der Waals surface area (Å²) in [6.07, 6.45) is 5.16. The van der Waals surface area contributed by atoms with Crippen molar-refractivity contribution >= 4 is 38.7 Å². The fourth-order valence-electron chi connectivity index (χ4n) is 3.38. The Kier molecular flexibility index (Phi) is 14.2. The second-order valence-electron chi connectivity index (χ2n) is 8.59. The number of pyridine rings is 2. The van der Waals surface area contributed by atoms with Gasteiger partial charge < -0.3 is 56.3 Å². The van der Waals surface area contributed by atoms with E-state index in [9.17, 15) is 4.79 Å². The van der Waals surface area contributed by atoms with Gasteiger partial charge in [-0.1, -0.05) is 19.9 Å². The highest BCUT2D eigenvalue weighted by Crippen LogP contribution is 2.37. The van der Waals surface area contributed by atoms with Crippen LogP contribution in [0.4, 0.5) is 17.2 Å². The molecule has 1 aliphatic rings. The maximum Gasteiger partial charge on any atom is 0.466 e. The predicted octanol–water partition coefficient (Wildman–Crippen LogP) is 0.538. The van der Waals surface area contributed by atoms with Crippen LogP contribution < -0.4 is 16.0 Å². The third-order valence-electron chi connectivity index (χ3n) is 4.99. The van der Waals surface area contributed by atoms with Crippen LogP contribution in [0.2, 0.25) is 0 Å². The zero-order chi connectivity index (χ0) is 28.6. The molecule has 16 nitrogen and oxygen atoms in total. The molecule has 1 aromatic carbocycles. The Balaban J connectivity index is 0.00000110. The van der Waals surface area contributed by atoms with Crippen LogP contribution >= 0.6 is 15.6 Å². The molecule has 0 atom stereocenters. The highest BCUT2D eigenvalue weighted by Gasteiger charge is 2.29. The van der Waals surface area contributed by atoms with E-state index in [2.05, 4.69) is 45.8 Å². The number of carbonyl (C=O) groups is 1. The summed E-state index contributed by atoms with van der Waals surface area (Å²) < 4.78 is 17.8. The van der Waals surface area contributed by atoms with Gasteiger partial charge in [-0.3, -0.25) is 9.78 Å². The second-order valence-corrected chi connectivity index (χ2v) is 10.6. The number of fused-ring (bicyclic) bond motifs is 1. The Morgan fingerprint density at radius 3 is 2.10 bits per heavy atom. The smallest absolute Gasteiger partial charge is 0.412 e. The van der Waals surface area contributed by atoms with E-state index in [0.717, 1.165) is 23.5 Å². The minimum Gasteiger partial charge on any atom is -0.412 e. The van der Waals surface area contributed by atoms with Crippen molar-refractivity contribution in [2.24, 2.45) is 0 Å². The SMILES string of the molecule is CC1(C)CNc2cc(NC(=O)c3cccnc3NCc3ccncc3)ccc21.O.O.O=P(O)(O)O.O=P(O)(O)O. The molecule has 18 heteroatoms. The van der Waals surface area contributed by atoms with E-state index in [1.165, 1.54) is 5.56 Å². The van der Waals surface area contributed by atoms with Gasteiger partial charge in [0.05, 0.1) is 5.56 Å². The molecular formula is C22H33N5O11P2.